The summed E-state index contributed by atoms with van der Waals surface area (Å²) in [7, 11) is 0. The molecule has 0 unspecified atom stereocenters. The first kappa shape index (κ1) is 26.3. The Morgan fingerprint density at radius 2 is 1.70 bits per heavy atom. The molecule has 37 heavy (non-hydrogen) atoms. The standard InChI is InChI=1S/C31H37N3O3/c1-22-12-13-24(3)29(19-22)37-21-31(35)32-16-7-11-30-33-27-9-5-6-10-28(27)34(30)17-8-18-36-26-15-14-23(2)25(4)20-26/h5-6,9-10,12-15,19-20H,7-8,11,16-18,21H2,1-4H3,(H,32,35). The zero-order chi connectivity index (χ0) is 26.2. The number of fused-ring (bicyclic) bond motifs is 1. The van der Waals surface area contributed by atoms with Crippen LogP contribution in [0.15, 0.2) is 60.7 Å². The molecule has 4 aromatic rings. The quantitative estimate of drug-likeness (QED) is 0.248. The molecule has 1 aromatic heterocycles. The highest BCUT2D eigenvalue weighted by molar-refractivity contribution is 5.77. The topological polar surface area (TPSA) is 65.4 Å². The molecule has 4 rings (SSSR count). The first-order valence-corrected chi connectivity index (χ1v) is 13.0. The molecule has 194 valence electrons. The van der Waals surface area contributed by atoms with Crippen LogP contribution in [-0.2, 0) is 17.8 Å². The summed E-state index contributed by atoms with van der Waals surface area (Å²) in [5.74, 6) is 2.59. The van der Waals surface area contributed by atoms with E-state index in [4.69, 9.17) is 14.5 Å². The van der Waals surface area contributed by atoms with Crippen LogP contribution in [-0.4, -0.2) is 35.2 Å². The smallest absolute Gasteiger partial charge is 0.257 e. The third-order valence-electron chi connectivity index (χ3n) is 6.61. The number of hydrogen-bond acceptors (Lipinski definition) is 4. The number of carbonyl (C=O) groups excluding carboxylic acids is 1. The number of aryl methyl sites for hydroxylation is 6. The van der Waals surface area contributed by atoms with Crippen LogP contribution in [0, 0.1) is 27.7 Å². The van der Waals surface area contributed by atoms with Gasteiger partial charge in [-0.1, -0.05) is 30.3 Å². The minimum atomic E-state index is -0.113. The zero-order valence-electron chi connectivity index (χ0n) is 22.3. The van der Waals surface area contributed by atoms with Gasteiger partial charge in [-0.2, -0.15) is 0 Å². The first-order valence-electron chi connectivity index (χ1n) is 13.0. The molecule has 0 atom stereocenters. The number of hydrogen-bond donors (Lipinski definition) is 1. The lowest BCUT2D eigenvalue weighted by molar-refractivity contribution is -0.123. The van der Waals surface area contributed by atoms with Gasteiger partial charge in [0.15, 0.2) is 6.61 Å². The van der Waals surface area contributed by atoms with Gasteiger partial charge in [-0.3, -0.25) is 4.79 Å². The van der Waals surface area contributed by atoms with Crippen molar-refractivity contribution in [1.29, 1.82) is 0 Å². The third kappa shape index (κ3) is 7.13. The monoisotopic (exact) mass is 499 g/mol. The lowest BCUT2D eigenvalue weighted by Gasteiger charge is -2.12. The van der Waals surface area contributed by atoms with Crippen molar-refractivity contribution in [1.82, 2.24) is 14.9 Å². The molecule has 0 bridgehead atoms. The zero-order valence-corrected chi connectivity index (χ0v) is 22.3. The van der Waals surface area contributed by atoms with E-state index in [0.29, 0.717) is 13.2 Å². The molecule has 6 heteroatoms. The molecule has 0 saturated heterocycles. The predicted molar refractivity (Wildman–Crippen MR) is 149 cm³/mol. The van der Waals surface area contributed by atoms with Crippen molar-refractivity contribution in [3.8, 4) is 11.5 Å². The summed E-state index contributed by atoms with van der Waals surface area (Å²) in [5, 5.41) is 2.97. The lowest BCUT2D eigenvalue weighted by atomic mass is 10.1. The minimum absolute atomic E-state index is 0.0172. The maximum atomic E-state index is 12.3. The predicted octanol–water partition coefficient (Wildman–Crippen LogP) is 5.87. The van der Waals surface area contributed by atoms with Crippen molar-refractivity contribution in [3.63, 3.8) is 0 Å². The van der Waals surface area contributed by atoms with Crippen LogP contribution >= 0.6 is 0 Å². The van der Waals surface area contributed by atoms with Crippen LogP contribution in [0.3, 0.4) is 0 Å². The van der Waals surface area contributed by atoms with Crippen LogP contribution < -0.4 is 14.8 Å². The molecule has 0 radical (unpaired) electrons. The van der Waals surface area contributed by atoms with E-state index in [0.717, 1.165) is 65.3 Å². The minimum Gasteiger partial charge on any atom is -0.494 e. The second-order valence-corrected chi connectivity index (χ2v) is 9.63. The van der Waals surface area contributed by atoms with Crippen LogP contribution in [0.2, 0.25) is 0 Å². The molecular formula is C31H37N3O3. The van der Waals surface area contributed by atoms with E-state index in [1.807, 2.05) is 56.3 Å². The Bertz CT molecular complexity index is 1360. The molecular weight excluding hydrogens is 462 g/mol. The Balaban J connectivity index is 1.26. The van der Waals surface area contributed by atoms with Gasteiger partial charge in [-0.05, 0) is 93.1 Å². The number of amides is 1. The largest absolute Gasteiger partial charge is 0.494 e. The second-order valence-electron chi connectivity index (χ2n) is 9.63. The van der Waals surface area contributed by atoms with Crippen molar-refractivity contribution >= 4 is 16.9 Å². The van der Waals surface area contributed by atoms with Gasteiger partial charge in [-0.25, -0.2) is 4.98 Å². The number of nitrogens with one attached hydrogen (secondary N) is 1. The van der Waals surface area contributed by atoms with Gasteiger partial charge in [0.25, 0.3) is 5.91 Å². The summed E-state index contributed by atoms with van der Waals surface area (Å²) in [6.07, 6.45) is 2.47. The van der Waals surface area contributed by atoms with E-state index in [-0.39, 0.29) is 12.5 Å². The fraction of sp³-hybridized carbons (Fsp3) is 0.355. The average molecular weight is 500 g/mol. The number of ether oxygens (including phenoxy) is 2. The van der Waals surface area contributed by atoms with Gasteiger partial charge in [-0.15, -0.1) is 0 Å². The molecule has 3 aromatic carbocycles. The van der Waals surface area contributed by atoms with Crippen LogP contribution in [0.4, 0.5) is 0 Å². The second kappa shape index (κ2) is 12.4. The number of nitrogens with zero attached hydrogens (tertiary/aromatic N) is 2. The Morgan fingerprint density at radius 1 is 0.892 bits per heavy atom. The molecule has 0 saturated carbocycles. The van der Waals surface area contributed by atoms with Crippen molar-refractivity contribution in [2.24, 2.45) is 0 Å². The lowest BCUT2D eigenvalue weighted by Crippen LogP contribution is -2.30. The number of aromatic nitrogens is 2. The van der Waals surface area contributed by atoms with Gasteiger partial charge < -0.3 is 19.4 Å². The Morgan fingerprint density at radius 3 is 2.54 bits per heavy atom. The third-order valence-corrected chi connectivity index (χ3v) is 6.61. The van der Waals surface area contributed by atoms with Crippen LogP contribution in [0.25, 0.3) is 11.0 Å². The van der Waals surface area contributed by atoms with E-state index in [2.05, 4.69) is 41.9 Å². The highest BCUT2D eigenvalue weighted by atomic mass is 16.5. The molecule has 0 aliphatic heterocycles. The van der Waals surface area contributed by atoms with Crippen molar-refractivity contribution in [2.45, 2.75) is 53.5 Å². The Labute approximate surface area is 219 Å². The summed E-state index contributed by atoms with van der Waals surface area (Å²) >= 11 is 0. The van der Waals surface area contributed by atoms with Gasteiger partial charge >= 0.3 is 0 Å². The summed E-state index contributed by atoms with van der Waals surface area (Å²) < 4.78 is 14.0. The van der Waals surface area contributed by atoms with E-state index in [1.165, 1.54) is 11.1 Å². The average Bonchev–Trinajstić information content (AvgIpc) is 3.24. The maximum absolute atomic E-state index is 12.3. The number of imidazole rings is 1. The molecule has 1 heterocycles. The van der Waals surface area contributed by atoms with Gasteiger partial charge in [0.2, 0.25) is 0 Å². The van der Waals surface area contributed by atoms with Crippen molar-refractivity contribution in [2.75, 3.05) is 19.8 Å². The van der Waals surface area contributed by atoms with Gasteiger partial charge in [0, 0.05) is 19.5 Å². The molecule has 0 aliphatic carbocycles. The number of para-hydroxylation sites is 2. The normalized spacial score (nSPS) is 11.0. The van der Waals surface area contributed by atoms with Gasteiger partial charge in [0.05, 0.1) is 17.6 Å². The molecule has 6 nitrogen and oxygen atoms in total. The SMILES string of the molecule is Cc1ccc(C)c(OCC(=O)NCCCc2nc3ccccc3n2CCCOc2ccc(C)c(C)c2)c1. The number of benzene rings is 3. The summed E-state index contributed by atoms with van der Waals surface area (Å²) in [4.78, 5) is 17.2. The highest BCUT2D eigenvalue weighted by Crippen LogP contribution is 2.20. The molecule has 1 amide bonds. The van der Waals surface area contributed by atoms with Crippen LogP contribution in [0.5, 0.6) is 11.5 Å². The highest BCUT2D eigenvalue weighted by Gasteiger charge is 2.11. The van der Waals surface area contributed by atoms with Crippen molar-refractivity contribution < 1.29 is 14.3 Å². The van der Waals surface area contributed by atoms with Crippen molar-refractivity contribution in [3.05, 3.63) is 88.7 Å². The first-order chi connectivity index (χ1) is 17.9. The summed E-state index contributed by atoms with van der Waals surface area (Å²) in [5.41, 5.74) is 6.78. The molecule has 0 spiro atoms. The fourth-order valence-corrected chi connectivity index (χ4v) is 4.31. The van der Waals surface area contributed by atoms with E-state index >= 15 is 0 Å². The summed E-state index contributed by atoms with van der Waals surface area (Å²) in [6, 6.07) is 20.4. The molecule has 0 fully saturated rings. The molecule has 0 aliphatic rings. The summed E-state index contributed by atoms with van der Waals surface area (Å²) in [6.45, 7) is 10.3. The van der Waals surface area contributed by atoms with E-state index in [9.17, 15) is 4.79 Å². The van der Waals surface area contributed by atoms with Gasteiger partial charge in [0.1, 0.15) is 17.3 Å². The number of rotatable bonds is 12. The molecule has 1 N–H and O–H groups in total. The van der Waals surface area contributed by atoms with E-state index in [1.54, 1.807) is 0 Å². The Hall–Kier alpha value is -3.80. The fourth-order valence-electron chi connectivity index (χ4n) is 4.31. The Kier molecular flexibility index (Phi) is 8.83. The van der Waals surface area contributed by atoms with Crippen LogP contribution in [0.1, 0.15) is 40.9 Å². The maximum Gasteiger partial charge on any atom is 0.257 e. The van der Waals surface area contributed by atoms with E-state index < -0.39 is 0 Å². The number of carbonyl (C=O) groups is 1.